The van der Waals surface area contributed by atoms with E-state index in [-0.39, 0.29) is 5.91 Å². The van der Waals surface area contributed by atoms with E-state index in [1.165, 1.54) is 6.08 Å². The minimum Gasteiger partial charge on any atom is -0.353 e. The van der Waals surface area contributed by atoms with Crippen LogP contribution < -0.4 is 5.32 Å². The van der Waals surface area contributed by atoms with Crippen molar-refractivity contribution in [1.29, 1.82) is 0 Å². The Balaban J connectivity index is 3.17. The van der Waals surface area contributed by atoms with Gasteiger partial charge in [-0.05, 0) is 25.3 Å². The van der Waals surface area contributed by atoms with Crippen LogP contribution in [-0.2, 0) is 4.79 Å². The van der Waals surface area contributed by atoms with Gasteiger partial charge in [-0.3, -0.25) is 4.79 Å². The zero-order chi connectivity index (χ0) is 10.1. The fourth-order valence-electron chi connectivity index (χ4n) is 0.993. The van der Waals surface area contributed by atoms with Gasteiger partial charge in [-0.1, -0.05) is 19.9 Å². The van der Waals surface area contributed by atoms with E-state index in [1.807, 2.05) is 0 Å². The van der Waals surface area contributed by atoms with Crippen LogP contribution in [0.5, 0.6) is 0 Å². The van der Waals surface area contributed by atoms with E-state index < -0.39 is 0 Å². The van der Waals surface area contributed by atoms with Crippen LogP contribution >= 0.6 is 12.6 Å². The fraction of sp³-hybridized carbons (Fsp3) is 0.700. The highest BCUT2D eigenvalue weighted by Gasteiger charge is 1.99. The summed E-state index contributed by atoms with van der Waals surface area (Å²) in [7, 11) is 0. The molecule has 3 heteroatoms. The predicted molar refractivity (Wildman–Crippen MR) is 60.1 cm³/mol. The third kappa shape index (κ3) is 7.91. The minimum absolute atomic E-state index is 0.0853. The maximum absolute atomic E-state index is 10.7. The first-order valence-corrected chi connectivity index (χ1v) is 5.30. The van der Waals surface area contributed by atoms with Crippen LogP contribution in [0.3, 0.4) is 0 Å². The lowest BCUT2D eigenvalue weighted by Gasteiger charge is -2.06. The van der Waals surface area contributed by atoms with Crippen LogP contribution in [0.4, 0.5) is 0 Å². The zero-order valence-corrected chi connectivity index (χ0v) is 9.15. The topological polar surface area (TPSA) is 29.1 Å². The quantitative estimate of drug-likeness (QED) is 0.369. The number of thiol groups is 1. The van der Waals surface area contributed by atoms with Crippen molar-refractivity contribution in [3.8, 4) is 0 Å². The highest BCUT2D eigenvalue weighted by Crippen LogP contribution is 2.09. The zero-order valence-electron chi connectivity index (χ0n) is 8.25. The van der Waals surface area contributed by atoms with Crippen LogP contribution in [0, 0.1) is 0 Å². The van der Waals surface area contributed by atoms with E-state index in [9.17, 15) is 4.79 Å². The molecular formula is C10H19NOS. The summed E-state index contributed by atoms with van der Waals surface area (Å²) in [6, 6.07) is 0. The number of carbonyl (C=O) groups is 1. The Morgan fingerprint density at radius 1 is 1.62 bits per heavy atom. The Bertz CT molecular complexity index is 159. The van der Waals surface area contributed by atoms with Gasteiger partial charge in [0.05, 0.1) is 0 Å². The number of unbranched alkanes of at least 4 members (excludes halogenated alkanes) is 1. The van der Waals surface area contributed by atoms with Gasteiger partial charge in [0, 0.05) is 11.8 Å². The SMILES string of the molecule is C=CC(=O)NCCCCC(S)CC. The Labute approximate surface area is 86.2 Å². The molecule has 0 radical (unpaired) electrons. The number of amides is 1. The molecule has 76 valence electrons. The Morgan fingerprint density at radius 2 is 2.31 bits per heavy atom. The molecule has 0 aliphatic carbocycles. The second-order valence-electron chi connectivity index (χ2n) is 3.05. The van der Waals surface area contributed by atoms with Gasteiger partial charge in [0.2, 0.25) is 5.91 Å². The summed E-state index contributed by atoms with van der Waals surface area (Å²) >= 11 is 4.39. The van der Waals surface area contributed by atoms with Crippen molar-refractivity contribution in [1.82, 2.24) is 5.32 Å². The van der Waals surface area contributed by atoms with Crippen molar-refractivity contribution in [2.24, 2.45) is 0 Å². The van der Waals surface area contributed by atoms with E-state index >= 15 is 0 Å². The summed E-state index contributed by atoms with van der Waals surface area (Å²) in [6.07, 6.45) is 5.69. The second kappa shape index (κ2) is 8.17. The van der Waals surface area contributed by atoms with Crippen molar-refractivity contribution in [3.63, 3.8) is 0 Å². The van der Waals surface area contributed by atoms with E-state index in [0.717, 1.165) is 32.2 Å². The first-order chi connectivity index (χ1) is 6.20. The second-order valence-corrected chi connectivity index (χ2v) is 3.78. The van der Waals surface area contributed by atoms with Gasteiger partial charge < -0.3 is 5.32 Å². The molecule has 0 spiro atoms. The van der Waals surface area contributed by atoms with Crippen molar-refractivity contribution < 1.29 is 4.79 Å². The van der Waals surface area contributed by atoms with E-state index in [4.69, 9.17) is 0 Å². The summed E-state index contributed by atoms with van der Waals surface area (Å²) in [6.45, 7) is 6.26. The molecule has 0 heterocycles. The molecule has 0 aromatic heterocycles. The number of carbonyl (C=O) groups excluding carboxylic acids is 1. The van der Waals surface area contributed by atoms with Gasteiger partial charge in [-0.15, -0.1) is 0 Å². The molecule has 0 aliphatic heterocycles. The van der Waals surface area contributed by atoms with E-state index in [1.54, 1.807) is 0 Å². The number of hydrogen-bond acceptors (Lipinski definition) is 2. The molecule has 0 rings (SSSR count). The first kappa shape index (κ1) is 12.6. The molecule has 1 amide bonds. The maximum atomic E-state index is 10.7. The average molecular weight is 201 g/mol. The highest BCUT2D eigenvalue weighted by atomic mass is 32.1. The standard InChI is InChI=1S/C10H19NOS/c1-3-9(13)7-5-6-8-11-10(12)4-2/h4,9,13H,2-3,5-8H2,1H3,(H,11,12). The van der Waals surface area contributed by atoms with Crippen LogP contribution in [0.1, 0.15) is 32.6 Å². The van der Waals surface area contributed by atoms with Crippen molar-refractivity contribution in [2.45, 2.75) is 37.9 Å². The molecule has 2 nitrogen and oxygen atoms in total. The molecule has 0 aliphatic rings. The molecule has 0 saturated heterocycles. The number of rotatable bonds is 7. The van der Waals surface area contributed by atoms with Gasteiger partial charge in [0.25, 0.3) is 0 Å². The van der Waals surface area contributed by atoms with Gasteiger partial charge in [-0.25, -0.2) is 0 Å². The molecule has 1 unspecified atom stereocenters. The molecular weight excluding hydrogens is 182 g/mol. The maximum Gasteiger partial charge on any atom is 0.243 e. The molecule has 0 fully saturated rings. The van der Waals surface area contributed by atoms with Crippen molar-refractivity contribution in [2.75, 3.05) is 6.54 Å². The van der Waals surface area contributed by atoms with Gasteiger partial charge in [0.1, 0.15) is 0 Å². The Kier molecular flexibility index (Phi) is 7.90. The molecule has 0 bridgehead atoms. The van der Waals surface area contributed by atoms with E-state index in [2.05, 4.69) is 31.4 Å². The Morgan fingerprint density at radius 3 is 2.85 bits per heavy atom. The van der Waals surface area contributed by atoms with Gasteiger partial charge in [0.15, 0.2) is 0 Å². The summed E-state index contributed by atoms with van der Waals surface area (Å²) in [4.78, 5) is 10.7. The minimum atomic E-state index is -0.0853. The number of hydrogen-bond donors (Lipinski definition) is 2. The van der Waals surface area contributed by atoms with Gasteiger partial charge >= 0.3 is 0 Å². The van der Waals surface area contributed by atoms with Crippen LogP contribution in [0.2, 0.25) is 0 Å². The monoisotopic (exact) mass is 201 g/mol. The summed E-state index contributed by atoms with van der Waals surface area (Å²) in [5, 5.41) is 3.25. The van der Waals surface area contributed by atoms with Crippen LogP contribution in [-0.4, -0.2) is 17.7 Å². The average Bonchev–Trinajstić information content (AvgIpc) is 2.16. The summed E-state index contributed by atoms with van der Waals surface area (Å²) in [5.74, 6) is -0.0853. The third-order valence-electron chi connectivity index (χ3n) is 1.92. The van der Waals surface area contributed by atoms with Crippen LogP contribution in [0.25, 0.3) is 0 Å². The Hall–Kier alpha value is -0.440. The fourth-order valence-corrected chi connectivity index (χ4v) is 1.18. The third-order valence-corrected chi connectivity index (χ3v) is 2.54. The molecule has 13 heavy (non-hydrogen) atoms. The first-order valence-electron chi connectivity index (χ1n) is 4.79. The van der Waals surface area contributed by atoms with Crippen molar-refractivity contribution >= 4 is 18.5 Å². The molecule has 0 aromatic carbocycles. The lowest BCUT2D eigenvalue weighted by molar-refractivity contribution is -0.116. The lowest BCUT2D eigenvalue weighted by Crippen LogP contribution is -2.21. The predicted octanol–water partition coefficient (Wildman–Crippen LogP) is 2.17. The summed E-state index contributed by atoms with van der Waals surface area (Å²) in [5.41, 5.74) is 0. The van der Waals surface area contributed by atoms with Gasteiger partial charge in [-0.2, -0.15) is 12.6 Å². The molecule has 1 atom stereocenters. The summed E-state index contributed by atoms with van der Waals surface area (Å²) < 4.78 is 0. The largest absolute Gasteiger partial charge is 0.353 e. The molecule has 0 saturated carbocycles. The van der Waals surface area contributed by atoms with Crippen LogP contribution in [0.15, 0.2) is 12.7 Å². The lowest BCUT2D eigenvalue weighted by atomic mass is 10.1. The number of nitrogens with one attached hydrogen (secondary N) is 1. The van der Waals surface area contributed by atoms with E-state index in [0.29, 0.717) is 5.25 Å². The smallest absolute Gasteiger partial charge is 0.243 e. The van der Waals surface area contributed by atoms with Crippen molar-refractivity contribution in [3.05, 3.63) is 12.7 Å². The highest BCUT2D eigenvalue weighted by molar-refractivity contribution is 7.80. The molecule has 0 aromatic rings. The normalized spacial score (nSPS) is 12.2. The molecule has 1 N–H and O–H groups in total.